The number of rotatable bonds is 7. The minimum absolute atomic E-state index is 0.0819. The maximum Gasteiger partial charge on any atom is 0.293 e. The van der Waals surface area contributed by atoms with Crippen LogP contribution in [0.25, 0.3) is 11.1 Å². The number of ether oxygens (including phenoxy) is 3. The van der Waals surface area contributed by atoms with E-state index in [1.807, 2.05) is 30.3 Å². The van der Waals surface area contributed by atoms with E-state index >= 15 is 0 Å². The van der Waals surface area contributed by atoms with Crippen LogP contribution in [0.15, 0.2) is 60.7 Å². The lowest BCUT2D eigenvalue weighted by molar-refractivity contribution is -0.383. The van der Waals surface area contributed by atoms with Crippen LogP contribution in [0.3, 0.4) is 0 Å². The Kier molecular flexibility index (Phi) is 6.17. The molecule has 0 saturated heterocycles. The van der Waals surface area contributed by atoms with E-state index in [0.29, 0.717) is 22.8 Å². The molecule has 0 saturated carbocycles. The zero-order chi connectivity index (χ0) is 21.7. The average Bonchev–Trinajstić information content (AvgIpc) is 2.78. The van der Waals surface area contributed by atoms with Crippen LogP contribution in [0.5, 0.6) is 17.2 Å². The monoisotopic (exact) mass is 408 g/mol. The van der Waals surface area contributed by atoms with Crippen LogP contribution in [-0.4, -0.2) is 32.2 Å². The maximum absolute atomic E-state index is 12.8. The molecule has 3 aromatic carbocycles. The molecule has 0 aliphatic heterocycles. The Morgan fingerprint density at radius 2 is 1.50 bits per heavy atom. The number of hydrogen-bond donors (Lipinski definition) is 1. The summed E-state index contributed by atoms with van der Waals surface area (Å²) < 4.78 is 15.8. The molecule has 0 atom stereocenters. The number of nitrogens with zero attached hydrogens (tertiary/aromatic N) is 1. The third-order valence-electron chi connectivity index (χ3n) is 4.48. The predicted octanol–water partition coefficient (Wildman–Crippen LogP) is 4.54. The number of hydrogen-bond acceptors (Lipinski definition) is 6. The summed E-state index contributed by atoms with van der Waals surface area (Å²) in [7, 11) is 4.33. The number of amides is 1. The van der Waals surface area contributed by atoms with Crippen molar-refractivity contribution >= 4 is 17.3 Å². The van der Waals surface area contributed by atoms with Crippen molar-refractivity contribution in [2.75, 3.05) is 26.6 Å². The molecular weight excluding hydrogens is 388 g/mol. The number of nitro benzene ring substituents is 1. The number of methoxy groups -OCH3 is 3. The van der Waals surface area contributed by atoms with Crippen LogP contribution in [0.2, 0.25) is 0 Å². The van der Waals surface area contributed by atoms with Crippen molar-refractivity contribution in [1.82, 2.24) is 0 Å². The number of carbonyl (C=O) groups is 1. The molecule has 0 fully saturated rings. The van der Waals surface area contributed by atoms with Crippen LogP contribution in [0.4, 0.5) is 11.4 Å². The number of benzene rings is 3. The van der Waals surface area contributed by atoms with Gasteiger partial charge in [0.2, 0.25) is 5.75 Å². The summed E-state index contributed by atoms with van der Waals surface area (Å²) >= 11 is 0. The van der Waals surface area contributed by atoms with Gasteiger partial charge in [-0.25, -0.2) is 0 Å². The third-order valence-corrected chi connectivity index (χ3v) is 4.48. The van der Waals surface area contributed by atoms with Crippen LogP contribution < -0.4 is 19.5 Å². The minimum Gasteiger partial charge on any atom is -0.493 e. The molecule has 3 aromatic rings. The highest BCUT2D eigenvalue weighted by molar-refractivity contribution is 6.06. The Hall–Kier alpha value is -4.07. The van der Waals surface area contributed by atoms with Gasteiger partial charge in [0.05, 0.1) is 26.3 Å². The average molecular weight is 408 g/mol. The van der Waals surface area contributed by atoms with E-state index in [2.05, 4.69) is 5.32 Å². The highest BCUT2D eigenvalue weighted by atomic mass is 16.6. The van der Waals surface area contributed by atoms with Crippen molar-refractivity contribution in [3.05, 3.63) is 76.3 Å². The minimum atomic E-state index is -0.551. The predicted molar refractivity (Wildman–Crippen MR) is 113 cm³/mol. The van der Waals surface area contributed by atoms with Crippen LogP contribution in [0, 0.1) is 10.1 Å². The molecule has 0 aliphatic rings. The molecule has 0 unspecified atom stereocenters. The molecule has 30 heavy (non-hydrogen) atoms. The summed E-state index contributed by atoms with van der Waals surface area (Å²) in [6.07, 6.45) is 0. The number of carbonyl (C=O) groups excluding carboxylic acids is 1. The molecule has 0 spiro atoms. The fourth-order valence-electron chi connectivity index (χ4n) is 3.01. The molecule has 8 heteroatoms. The first-order valence-electron chi connectivity index (χ1n) is 8.93. The van der Waals surface area contributed by atoms with Crippen LogP contribution >= 0.6 is 0 Å². The standard InChI is InChI=1S/C22H20N2O6/c1-28-19-12-16(13-20(29-2)21(19)30-3)22(25)23-17-10-9-15(11-18(17)24(26)27)14-7-5-4-6-8-14/h4-13H,1-3H3,(H,23,25). The highest BCUT2D eigenvalue weighted by Crippen LogP contribution is 2.38. The van der Waals surface area contributed by atoms with Crippen molar-refractivity contribution < 1.29 is 23.9 Å². The molecule has 1 N–H and O–H groups in total. The van der Waals surface area contributed by atoms with Gasteiger partial charge in [-0.05, 0) is 29.3 Å². The number of anilines is 1. The van der Waals surface area contributed by atoms with Gasteiger partial charge >= 0.3 is 0 Å². The van der Waals surface area contributed by atoms with Crippen molar-refractivity contribution in [1.29, 1.82) is 0 Å². The first-order chi connectivity index (χ1) is 14.5. The summed E-state index contributed by atoms with van der Waals surface area (Å²) in [6.45, 7) is 0. The summed E-state index contributed by atoms with van der Waals surface area (Å²) in [6, 6.07) is 16.9. The second kappa shape index (κ2) is 8.95. The first-order valence-corrected chi connectivity index (χ1v) is 8.93. The number of nitrogens with one attached hydrogen (secondary N) is 1. The molecular formula is C22H20N2O6. The fraction of sp³-hybridized carbons (Fsp3) is 0.136. The second-order valence-corrected chi connectivity index (χ2v) is 6.22. The highest BCUT2D eigenvalue weighted by Gasteiger charge is 2.21. The van der Waals surface area contributed by atoms with Gasteiger partial charge in [-0.15, -0.1) is 0 Å². The van der Waals surface area contributed by atoms with Crippen LogP contribution in [-0.2, 0) is 0 Å². The largest absolute Gasteiger partial charge is 0.493 e. The Morgan fingerprint density at radius 1 is 0.867 bits per heavy atom. The van der Waals surface area contributed by atoms with E-state index in [9.17, 15) is 14.9 Å². The lowest BCUT2D eigenvalue weighted by Gasteiger charge is -2.14. The van der Waals surface area contributed by atoms with Gasteiger partial charge in [0, 0.05) is 11.6 Å². The lowest BCUT2D eigenvalue weighted by atomic mass is 10.0. The summed E-state index contributed by atoms with van der Waals surface area (Å²) in [5.74, 6) is 0.395. The van der Waals surface area contributed by atoms with Crippen molar-refractivity contribution in [2.24, 2.45) is 0 Å². The summed E-state index contributed by atoms with van der Waals surface area (Å²) in [5, 5.41) is 14.2. The zero-order valence-corrected chi connectivity index (χ0v) is 16.7. The van der Waals surface area contributed by atoms with Gasteiger partial charge in [0.25, 0.3) is 11.6 Å². The Balaban J connectivity index is 1.96. The van der Waals surface area contributed by atoms with Crippen molar-refractivity contribution in [3.8, 4) is 28.4 Å². The smallest absolute Gasteiger partial charge is 0.293 e. The number of nitro groups is 1. The van der Waals surface area contributed by atoms with Gasteiger partial charge in [-0.2, -0.15) is 0 Å². The van der Waals surface area contributed by atoms with E-state index in [4.69, 9.17) is 14.2 Å². The quantitative estimate of drug-likeness (QED) is 0.455. The Morgan fingerprint density at radius 3 is 2.03 bits per heavy atom. The van der Waals surface area contributed by atoms with Crippen molar-refractivity contribution in [2.45, 2.75) is 0 Å². The molecule has 0 radical (unpaired) electrons. The Labute approximate surface area is 173 Å². The zero-order valence-electron chi connectivity index (χ0n) is 16.7. The molecule has 8 nitrogen and oxygen atoms in total. The van der Waals surface area contributed by atoms with E-state index in [0.717, 1.165) is 5.56 Å². The molecule has 154 valence electrons. The van der Waals surface area contributed by atoms with Gasteiger partial charge < -0.3 is 19.5 Å². The summed E-state index contributed by atoms with van der Waals surface area (Å²) in [4.78, 5) is 23.9. The molecule has 0 aromatic heterocycles. The maximum atomic E-state index is 12.8. The molecule has 3 rings (SSSR count). The third kappa shape index (κ3) is 4.17. The molecule has 0 bridgehead atoms. The van der Waals surface area contributed by atoms with Crippen molar-refractivity contribution in [3.63, 3.8) is 0 Å². The first kappa shape index (κ1) is 20.7. The molecule has 0 aliphatic carbocycles. The lowest BCUT2D eigenvalue weighted by Crippen LogP contribution is -2.14. The van der Waals surface area contributed by atoms with E-state index in [1.165, 1.54) is 45.6 Å². The SMILES string of the molecule is COc1cc(C(=O)Nc2ccc(-c3ccccc3)cc2[N+](=O)[O-])cc(OC)c1OC. The summed E-state index contributed by atoms with van der Waals surface area (Å²) in [5.41, 5.74) is 1.58. The molecule has 0 heterocycles. The van der Waals surface area contributed by atoms with Crippen LogP contribution in [0.1, 0.15) is 10.4 Å². The topological polar surface area (TPSA) is 99.9 Å². The van der Waals surface area contributed by atoms with Gasteiger partial charge in [0.1, 0.15) is 5.69 Å². The van der Waals surface area contributed by atoms with Gasteiger partial charge in [0.15, 0.2) is 11.5 Å². The van der Waals surface area contributed by atoms with E-state index in [1.54, 1.807) is 6.07 Å². The van der Waals surface area contributed by atoms with Gasteiger partial charge in [-0.1, -0.05) is 36.4 Å². The normalized spacial score (nSPS) is 10.2. The Bertz CT molecular complexity index is 1060. The second-order valence-electron chi connectivity index (χ2n) is 6.22. The fourth-order valence-corrected chi connectivity index (χ4v) is 3.01. The van der Waals surface area contributed by atoms with E-state index in [-0.39, 0.29) is 16.9 Å². The molecule has 1 amide bonds. The van der Waals surface area contributed by atoms with Gasteiger partial charge in [-0.3, -0.25) is 14.9 Å². The van der Waals surface area contributed by atoms with E-state index < -0.39 is 10.8 Å².